The molecule has 272 valence electrons. The van der Waals surface area contributed by atoms with Crippen LogP contribution in [0, 0.1) is 17.8 Å². The highest BCUT2D eigenvalue weighted by Crippen LogP contribution is 2.54. The van der Waals surface area contributed by atoms with Crippen LogP contribution < -0.4 is 14.5 Å². The zero-order chi connectivity index (χ0) is 36.2. The summed E-state index contributed by atoms with van der Waals surface area (Å²) in [6, 6.07) is 6.20. The Morgan fingerprint density at radius 2 is 1.71 bits per heavy atom. The number of piperidine rings is 1. The largest absolute Gasteiger partial charge is 0.478 e. The van der Waals surface area contributed by atoms with E-state index in [1.807, 2.05) is 30.0 Å². The van der Waals surface area contributed by atoms with E-state index in [-0.39, 0.29) is 17.1 Å². The van der Waals surface area contributed by atoms with E-state index in [9.17, 15) is 18.0 Å². The highest BCUT2D eigenvalue weighted by atomic mass is 19.4. The third-order valence-corrected chi connectivity index (χ3v) is 12.4. The highest BCUT2D eigenvalue weighted by Gasteiger charge is 2.55. The number of aromatic nitrogens is 4. The normalized spacial score (nSPS) is 21.6. The molecule has 0 unspecified atom stereocenters. The van der Waals surface area contributed by atoms with Gasteiger partial charge in [0.05, 0.1) is 11.7 Å². The Morgan fingerprint density at radius 1 is 1.00 bits per heavy atom. The number of aromatic amines is 1. The zero-order valence-corrected chi connectivity index (χ0v) is 29.6. The van der Waals surface area contributed by atoms with Gasteiger partial charge in [-0.1, -0.05) is 25.3 Å². The Hall–Kier alpha value is -4.65. The minimum absolute atomic E-state index is 0.0400. The molecule has 52 heavy (non-hydrogen) atoms. The van der Waals surface area contributed by atoms with Gasteiger partial charge < -0.3 is 19.4 Å². The van der Waals surface area contributed by atoms with Gasteiger partial charge in [-0.3, -0.25) is 14.8 Å². The second-order valence-electron chi connectivity index (χ2n) is 15.9. The summed E-state index contributed by atoms with van der Waals surface area (Å²) in [6.45, 7) is 17.3. The second-order valence-corrected chi connectivity index (χ2v) is 15.9. The quantitative estimate of drug-likeness (QED) is 0.211. The number of anilines is 2. The molecule has 6 heterocycles. The number of hydrogen-bond donors (Lipinski definition) is 1. The number of alkyl halides is 3. The van der Waals surface area contributed by atoms with Crippen molar-refractivity contribution in [1.29, 1.82) is 0 Å². The molecule has 2 aromatic heterocycles. The third kappa shape index (κ3) is 5.33. The Balaban J connectivity index is 1.17. The molecule has 1 saturated carbocycles. The lowest BCUT2D eigenvalue weighted by Gasteiger charge is -2.54. The van der Waals surface area contributed by atoms with Crippen molar-refractivity contribution in [2.75, 3.05) is 62.2 Å². The van der Waals surface area contributed by atoms with Crippen molar-refractivity contribution in [3.63, 3.8) is 0 Å². The molecule has 5 fully saturated rings. The first kappa shape index (κ1) is 33.2. The predicted octanol–water partition coefficient (Wildman–Crippen LogP) is 6.35. The molecule has 2 spiro atoms. The molecule has 10 nitrogen and oxygen atoms in total. The van der Waals surface area contributed by atoms with E-state index in [1.165, 1.54) is 18.9 Å². The molecule has 5 aliphatic rings. The maximum absolute atomic E-state index is 14.4. The first-order valence-electron chi connectivity index (χ1n) is 18.2. The van der Waals surface area contributed by atoms with Crippen molar-refractivity contribution in [2.24, 2.45) is 10.8 Å². The Morgan fingerprint density at radius 3 is 2.37 bits per heavy atom. The number of likely N-dealkylation sites (tertiary alicyclic amines) is 2. The number of aryl methyl sites for hydroxylation is 1. The predicted molar refractivity (Wildman–Crippen MR) is 195 cm³/mol. The number of nitrogens with one attached hydrogen (secondary N) is 1. The number of H-pyrrole nitrogens is 1. The topological polar surface area (TPSA) is 93.7 Å². The van der Waals surface area contributed by atoms with Gasteiger partial charge in [0.1, 0.15) is 11.3 Å². The van der Waals surface area contributed by atoms with E-state index in [4.69, 9.17) is 14.7 Å². The molecular formula is C39H43F3N8O2. The molecule has 0 bridgehead atoms. The van der Waals surface area contributed by atoms with Crippen LogP contribution in [-0.2, 0) is 4.79 Å². The summed E-state index contributed by atoms with van der Waals surface area (Å²) < 4.78 is 49.1. The fourth-order valence-electron chi connectivity index (χ4n) is 8.82. The third-order valence-electron chi connectivity index (χ3n) is 12.4. The summed E-state index contributed by atoms with van der Waals surface area (Å²) in [6.07, 6.45) is 2.35. The lowest BCUT2D eigenvalue weighted by Crippen LogP contribution is -2.66. The number of amides is 1. The van der Waals surface area contributed by atoms with E-state index >= 15 is 0 Å². The van der Waals surface area contributed by atoms with Crippen LogP contribution in [0.25, 0.3) is 39.0 Å². The maximum atomic E-state index is 14.4. The molecule has 0 radical (unpaired) electrons. The minimum atomic E-state index is -4.62. The monoisotopic (exact) mass is 712 g/mol. The summed E-state index contributed by atoms with van der Waals surface area (Å²) in [7, 11) is 0. The molecular weight excluding hydrogens is 669 g/mol. The molecule has 4 saturated heterocycles. The lowest BCUT2D eigenvalue weighted by molar-refractivity contribution is -0.188. The molecule has 4 aliphatic heterocycles. The number of nitrogens with zero attached hydrogens (tertiary/aromatic N) is 7. The van der Waals surface area contributed by atoms with E-state index in [2.05, 4.69) is 38.1 Å². The molecule has 1 atom stereocenters. The van der Waals surface area contributed by atoms with E-state index in [1.54, 1.807) is 12.3 Å². The zero-order valence-electron chi connectivity index (χ0n) is 29.6. The summed E-state index contributed by atoms with van der Waals surface area (Å²) >= 11 is 0. The van der Waals surface area contributed by atoms with Crippen LogP contribution in [0.5, 0.6) is 5.75 Å². The van der Waals surface area contributed by atoms with Gasteiger partial charge in [0.15, 0.2) is 11.9 Å². The maximum Gasteiger partial charge on any atom is 0.425 e. The number of hydrogen-bond acceptors (Lipinski definition) is 8. The number of fused-ring (bicyclic) bond motifs is 2. The molecule has 1 amide bonds. The van der Waals surface area contributed by atoms with Crippen LogP contribution in [-0.4, -0.2) is 107 Å². The van der Waals surface area contributed by atoms with Crippen molar-refractivity contribution in [2.45, 2.75) is 57.9 Å². The number of ether oxygens (including phenoxy) is 1. The summed E-state index contributed by atoms with van der Waals surface area (Å²) in [4.78, 5) is 31.2. The van der Waals surface area contributed by atoms with Gasteiger partial charge >= 0.3 is 6.18 Å². The lowest BCUT2D eigenvalue weighted by atomic mass is 9.72. The van der Waals surface area contributed by atoms with E-state index in [0.29, 0.717) is 77.0 Å². The SMILES string of the molecule is C=CC(=O)N1CC2(CCN(c3nc(N4CC(N5CC6(CC6)C5)C4)nc4c(O[C@@H](C)C(F)(F)F)c(-c5c(C)ccc6[nH]ncc56)c(C=C)cc34)CC2)C1. The first-order chi connectivity index (χ1) is 24.9. The van der Waals surface area contributed by atoms with Crippen LogP contribution in [0.3, 0.4) is 0 Å². The molecule has 9 rings (SSSR count). The molecule has 2 aromatic carbocycles. The highest BCUT2D eigenvalue weighted by molar-refractivity contribution is 6.07. The van der Waals surface area contributed by atoms with Gasteiger partial charge in [0.2, 0.25) is 11.9 Å². The Bertz CT molecular complexity index is 2110. The van der Waals surface area contributed by atoms with Gasteiger partial charge in [-0.05, 0) is 79.8 Å². The second kappa shape index (κ2) is 11.7. The van der Waals surface area contributed by atoms with Gasteiger partial charge in [0, 0.05) is 80.2 Å². The first-order valence-corrected chi connectivity index (χ1v) is 18.2. The van der Waals surface area contributed by atoms with E-state index < -0.39 is 12.3 Å². The molecule has 1 aliphatic carbocycles. The van der Waals surface area contributed by atoms with Crippen molar-refractivity contribution < 1.29 is 22.7 Å². The van der Waals surface area contributed by atoms with Gasteiger partial charge in [-0.2, -0.15) is 23.3 Å². The van der Waals surface area contributed by atoms with Crippen molar-refractivity contribution in [3.05, 3.63) is 54.8 Å². The number of benzene rings is 2. The summed E-state index contributed by atoms with van der Waals surface area (Å²) in [5.41, 5.74) is 4.37. The fraction of sp³-hybridized carbons (Fsp3) is 0.487. The van der Waals surface area contributed by atoms with Crippen molar-refractivity contribution in [3.8, 4) is 16.9 Å². The van der Waals surface area contributed by atoms with Crippen molar-refractivity contribution in [1.82, 2.24) is 30.0 Å². The number of halogens is 3. The minimum Gasteiger partial charge on any atom is -0.478 e. The number of rotatable bonds is 8. The average molecular weight is 713 g/mol. The fourth-order valence-corrected chi connectivity index (χ4v) is 8.82. The van der Waals surface area contributed by atoms with Crippen LogP contribution >= 0.6 is 0 Å². The van der Waals surface area contributed by atoms with Crippen LogP contribution in [0.2, 0.25) is 0 Å². The van der Waals surface area contributed by atoms with Gasteiger partial charge in [0.25, 0.3) is 0 Å². The van der Waals surface area contributed by atoms with E-state index in [0.717, 1.165) is 62.4 Å². The van der Waals surface area contributed by atoms with Gasteiger partial charge in [-0.15, -0.1) is 0 Å². The standard InChI is InChI=1S/C39H43F3N8O2/c1-5-25-15-27-33(34(52-24(4)39(40,41)42)32(25)31-23(3)7-8-29-28(31)16-43-46-29)44-36(48-17-26(18-48)49-19-37(20-49)9-10-37)45-35(27)47-13-11-38(12-14-47)21-50(22-38)30(51)6-2/h5-8,15-16,24,26H,1-2,9-14,17-22H2,3-4H3,(H,43,46)/t24-/m0/s1. The Labute approximate surface area is 300 Å². The Kier molecular flexibility index (Phi) is 7.46. The number of carbonyl (C=O) groups is 1. The molecule has 13 heteroatoms. The van der Waals surface area contributed by atoms with Crippen LogP contribution in [0.1, 0.15) is 43.7 Å². The smallest absolute Gasteiger partial charge is 0.425 e. The average Bonchev–Trinajstić information content (AvgIpc) is 3.74. The van der Waals surface area contributed by atoms with Crippen molar-refractivity contribution >= 4 is 45.6 Å². The molecule has 1 N–H and O–H groups in total. The summed E-state index contributed by atoms with van der Waals surface area (Å²) in [5, 5.41) is 8.64. The summed E-state index contributed by atoms with van der Waals surface area (Å²) in [5.74, 6) is 1.18. The van der Waals surface area contributed by atoms with Gasteiger partial charge in [-0.25, -0.2) is 4.98 Å². The van der Waals surface area contributed by atoms with Crippen LogP contribution in [0.15, 0.2) is 43.6 Å². The molecule has 4 aromatic rings. The number of carbonyl (C=O) groups excluding carboxylic acids is 1. The van der Waals surface area contributed by atoms with Crippen LogP contribution in [0.4, 0.5) is 24.9 Å².